The van der Waals surface area contributed by atoms with Crippen LogP contribution in [0.4, 0.5) is 5.82 Å². The fraction of sp³-hybridized carbons (Fsp3) is 0.474. The molecule has 0 bridgehead atoms. The van der Waals surface area contributed by atoms with Gasteiger partial charge < -0.3 is 14.5 Å². The van der Waals surface area contributed by atoms with Crippen molar-refractivity contribution in [1.82, 2.24) is 9.88 Å². The van der Waals surface area contributed by atoms with Gasteiger partial charge in [0.2, 0.25) is 5.91 Å². The van der Waals surface area contributed by atoms with Gasteiger partial charge in [0.25, 0.3) is 0 Å². The van der Waals surface area contributed by atoms with Crippen molar-refractivity contribution in [3.8, 4) is 5.75 Å². The van der Waals surface area contributed by atoms with Gasteiger partial charge in [-0.3, -0.25) is 4.79 Å². The molecule has 2 aromatic rings. The maximum absolute atomic E-state index is 11.5. The van der Waals surface area contributed by atoms with Crippen LogP contribution >= 0.6 is 0 Å². The molecule has 0 spiro atoms. The van der Waals surface area contributed by atoms with Crippen LogP contribution < -0.4 is 9.64 Å². The lowest BCUT2D eigenvalue weighted by atomic mass is 10.1. The molecule has 1 atom stereocenters. The molecule has 5 heteroatoms. The first-order valence-corrected chi connectivity index (χ1v) is 8.40. The number of aryl methyl sites for hydroxylation is 1. The van der Waals surface area contributed by atoms with Crippen LogP contribution in [-0.4, -0.2) is 49.6 Å². The van der Waals surface area contributed by atoms with Crippen molar-refractivity contribution in [3.63, 3.8) is 0 Å². The number of anilines is 1. The van der Waals surface area contributed by atoms with Crippen molar-refractivity contribution in [2.45, 2.75) is 20.3 Å². The second-order valence-corrected chi connectivity index (χ2v) is 6.69. The van der Waals surface area contributed by atoms with Crippen molar-refractivity contribution in [3.05, 3.63) is 29.8 Å². The molecule has 0 saturated carbocycles. The Kier molecular flexibility index (Phi) is 4.60. The fourth-order valence-electron chi connectivity index (χ4n) is 3.50. The number of benzene rings is 1. The van der Waals surface area contributed by atoms with E-state index < -0.39 is 0 Å². The van der Waals surface area contributed by atoms with Crippen molar-refractivity contribution in [1.29, 1.82) is 0 Å². The summed E-state index contributed by atoms with van der Waals surface area (Å²) in [5.74, 6) is 2.54. The number of nitrogens with zero attached hydrogens (tertiary/aromatic N) is 3. The van der Waals surface area contributed by atoms with E-state index in [4.69, 9.17) is 9.72 Å². The third-order valence-electron chi connectivity index (χ3n) is 4.81. The van der Waals surface area contributed by atoms with E-state index >= 15 is 0 Å². The maximum atomic E-state index is 11.5. The number of ether oxygens (including phenoxy) is 1. The van der Waals surface area contributed by atoms with E-state index in [1.54, 1.807) is 14.0 Å². The number of pyridine rings is 1. The molecule has 0 N–H and O–H groups in total. The van der Waals surface area contributed by atoms with Gasteiger partial charge in [0, 0.05) is 39.0 Å². The molecule has 1 aliphatic heterocycles. The third kappa shape index (κ3) is 3.30. The molecule has 1 aromatic carbocycles. The van der Waals surface area contributed by atoms with E-state index in [1.807, 2.05) is 23.1 Å². The molecule has 0 radical (unpaired) electrons. The molecule has 1 saturated heterocycles. The Morgan fingerprint density at radius 2 is 2.21 bits per heavy atom. The predicted molar refractivity (Wildman–Crippen MR) is 96.7 cm³/mol. The minimum Gasteiger partial charge on any atom is -0.497 e. The van der Waals surface area contributed by atoms with Crippen LogP contribution in [-0.2, 0) is 4.79 Å². The molecule has 1 aliphatic rings. The van der Waals surface area contributed by atoms with Crippen LogP contribution in [0.5, 0.6) is 5.75 Å². The largest absolute Gasteiger partial charge is 0.497 e. The van der Waals surface area contributed by atoms with Gasteiger partial charge in [0.1, 0.15) is 11.6 Å². The van der Waals surface area contributed by atoms with Crippen molar-refractivity contribution < 1.29 is 9.53 Å². The molecule has 24 heavy (non-hydrogen) atoms. The number of amides is 1. The Balaban J connectivity index is 1.78. The number of fused-ring (bicyclic) bond motifs is 1. The fourth-order valence-corrected chi connectivity index (χ4v) is 3.50. The predicted octanol–water partition coefficient (Wildman–Crippen LogP) is 2.86. The SMILES string of the molecule is COc1ccc2nc(N(C)C[C@H]3CCN(C(C)=O)C3)c(C)cc2c1. The Morgan fingerprint density at radius 3 is 2.88 bits per heavy atom. The zero-order valence-electron chi connectivity index (χ0n) is 14.9. The first kappa shape index (κ1) is 16.6. The van der Waals surface area contributed by atoms with Crippen LogP contribution in [0.1, 0.15) is 18.9 Å². The summed E-state index contributed by atoms with van der Waals surface area (Å²) in [4.78, 5) is 20.5. The first-order chi connectivity index (χ1) is 11.5. The van der Waals surface area contributed by atoms with E-state index in [0.717, 1.165) is 54.1 Å². The van der Waals surface area contributed by atoms with Gasteiger partial charge in [0.15, 0.2) is 0 Å². The summed E-state index contributed by atoms with van der Waals surface area (Å²) in [6.45, 7) is 6.38. The molecule has 0 aliphatic carbocycles. The summed E-state index contributed by atoms with van der Waals surface area (Å²) in [7, 11) is 3.76. The number of likely N-dealkylation sites (tertiary alicyclic amines) is 1. The summed E-state index contributed by atoms with van der Waals surface area (Å²) in [5.41, 5.74) is 2.12. The molecule has 128 valence electrons. The van der Waals surface area contributed by atoms with Gasteiger partial charge in [-0.2, -0.15) is 0 Å². The van der Waals surface area contributed by atoms with E-state index in [2.05, 4.69) is 24.9 Å². The molecular formula is C19H25N3O2. The normalized spacial score (nSPS) is 17.3. The number of hydrogen-bond donors (Lipinski definition) is 0. The quantitative estimate of drug-likeness (QED) is 0.866. The maximum Gasteiger partial charge on any atom is 0.219 e. The average molecular weight is 327 g/mol. The minimum atomic E-state index is 0.175. The van der Waals surface area contributed by atoms with E-state index in [1.165, 1.54) is 0 Å². The Bertz CT molecular complexity index is 760. The zero-order valence-corrected chi connectivity index (χ0v) is 14.9. The molecule has 1 amide bonds. The second-order valence-electron chi connectivity index (χ2n) is 6.69. The molecule has 5 nitrogen and oxygen atoms in total. The van der Waals surface area contributed by atoms with Crippen molar-refractivity contribution in [2.75, 3.05) is 38.7 Å². The van der Waals surface area contributed by atoms with E-state index in [9.17, 15) is 4.79 Å². The Hall–Kier alpha value is -2.30. The van der Waals surface area contributed by atoms with E-state index in [0.29, 0.717) is 5.92 Å². The standard InChI is InChI=1S/C19H25N3O2/c1-13-9-16-10-17(24-4)5-6-18(16)20-19(13)21(3)11-15-7-8-22(12-15)14(2)23/h5-6,9-10,15H,7-8,11-12H2,1-4H3/t15-/m1/s1. The van der Waals surface area contributed by atoms with E-state index in [-0.39, 0.29) is 5.91 Å². The smallest absolute Gasteiger partial charge is 0.219 e. The minimum absolute atomic E-state index is 0.175. The zero-order chi connectivity index (χ0) is 17.3. The molecular weight excluding hydrogens is 302 g/mol. The highest BCUT2D eigenvalue weighted by Crippen LogP contribution is 2.27. The lowest BCUT2D eigenvalue weighted by Gasteiger charge is -2.24. The highest BCUT2D eigenvalue weighted by molar-refractivity contribution is 5.83. The van der Waals surface area contributed by atoms with Gasteiger partial charge in [-0.05, 0) is 49.1 Å². The first-order valence-electron chi connectivity index (χ1n) is 8.40. The Morgan fingerprint density at radius 1 is 1.42 bits per heavy atom. The molecule has 2 heterocycles. The summed E-state index contributed by atoms with van der Waals surface area (Å²) < 4.78 is 5.29. The van der Waals surface area contributed by atoms with Crippen LogP contribution in [0, 0.1) is 12.8 Å². The monoisotopic (exact) mass is 327 g/mol. The van der Waals surface area contributed by atoms with Crippen molar-refractivity contribution >= 4 is 22.6 Å². The molecule has 3 rings (SSSR count). The third-order valence-corrected chi connectivity index (χ3v) is 4.81. The summed E-state index contributed by atoms with van der Waals surface area (Å²) >= 11 is 0. The second kappa shape index (κ2) is 6.67. The summed E-state index contributed by atoms with van der Waals surface area (Å²) in [6, 6.07) is 8.11. The van der Waals surface area contributed by atoms with Gasteiger partial charge >= 0.3 is 0 Å². The molecule has 1 fully saturated rings. The number of aromatic nitrogens is 1. The lowest BCUT2D eigenvalue weighted by molar-refractivity contribution is -0.127. The highest BCUT2D eigenvalue weighted by Gasteiger charge is 2.25. The topological polar surface area (TPSA) is 45.7 Å². The number of hydrogen-bond acceptors (Lipinski definition) is 4. The van der Waals surface area contributed by atoms with Gasteiger partial charge in [-0.1, -0.05) is 0 Å². The lowest BCUT2D eigenvalue weighted by Crippen LogP contribution is -2.30. The summed E-state index contributed by atoms with van der Waals surface area (Å²) in [5, 5.41) is 1.09. The van der Waals surface area contributed by atoms with Crippen LogP contribution in [0.2, 0.25) is 0 Å². The van der Waals surface area contributed by atoms with Crippen LogP contribution in [0.3, 0.4) is 0 Å². The highest BCUT2D eigenvalue weighted by atomic mass is 16.5. The van der Waals surface area contributed by atoms with Crippen LogP contribution in [0.15, 0.2) is 24.3 Å². The van der Waals surface area contributed by atoms with Gasteiger partial charge in [-0.25, -0.2) is 4.98 Å². The number of carbonyl (C=O) groups is 1. The van der Waals surface area contributed by atoms with Gasteiger partial charge in [-0.15, -0.1) is 0 Å². The molecule has 0 unspecified atom stereocenters. The number of methoxy groups -OCH3 is 1. The average Bonchev–Trinajstić information content (AvgIpc) is 3.02. The van der Waals surface area contributed by atoms with Gasteiger partial charge in [0.05, 0.1) is 12.6 Å². The number of carbonyl (C=O) groups excluding carboxylic acids is 1. The van der Waals surface area contributed by atoms with Crippen molar-refractivity contribution in [2.24, 2.45) is 5.92 Å². The molecule has 1 aromatic heterocycles. The van der Waals surface area contributed by atoms with Crippen LogP contribution in [0.25, 0.3) is 10.9 Å². The summed E-state index contributed by atoms with van der Waals surface area (Å²) in [6.07, 6.45) is 1.06. The number of rotatable bonds is 4. The Labute approximate surface area is 143 Å².